The number of H-pyrrole nitrogens is 1. The predicted octanol–water partition coefficient (Wildman–Crippen LogP) is 2.17. The summed E-state index contributed by atoms with van der Waals surface area (Å²) in [4.78, 5) is 16.1. The third-order valence-electron chi connectivity index (χ3n) is 3.02. The monoisotopic (exact) mass is 277 g/mol. The van der Waals surface area contributed by atoms with Gasteiger partial charge in [0.25, 0.3) is 5.91 Å². The van der Waals surface area contributed by atoms with Gasteiger partial charge in [-0.25, -0.2) is 4.98 Å². The van der Waals surface area contributed by atoms with E-state index < -0.39 is 5.91 Å². The number of hydrogen-bond donors (Lipinski definition) is 3. The summed E-state index contributed by atoms with van der Waals surface area (Å²) in [7, 11) is 0. The number of nitrogen functional groups attached to an aromatic ring is 1. The molecule has 1 aliphatic carbocycles. The van der Waals surface area contributed by atoms with Crippen molar-refractivity contribution in [2.75, 3.05) is 11.1 Å². The fourth-order valence-corrected chi connectivity index (χ4v) is 2.03. The number of nitrogens with zero attached hydrogens (tertiary/aromatic N) is 2. The van der Waals surface area contributed by atoms with Crippen molar-refractivity contribution < 1.29 is 4.79 Å². The van der Waals surface area contributed by atoms with E-state index in [1.807, 2.05) is 0 Å². The van der Waals surface area contributed by atoms with Crippen LogP contribution in [0.5, 0.6) is 0 Å². The normalized spacial score (nSPS) is 14.4. The van der Waals surface area contributed by atoms with Gasteiger partial charge in [-0.1, -0.05) is 11.6 Å². The molecule has 0 radical (unpaired) electrons. The largest absolute Gasteiger partial charge is 0.395 e. The third kappa shape index (κ3) is 2.26. The lowest BCUT2D eigenvalue weighted by atomic mass is 10.2. The minimum Gasteiger partial charge on any atom is -0.395 e. The number of carbonyl (C=O) groups excluding carboxylic acids is 1. The van der Waals surface area contributed by atoms with Crippen molar-refractivity contribution >= 4 is 29.0 Å². The van der Waals surface area contributed by atoms with Crippen molar-refractivity contribution in [2.24, 2.45) is 0 Å². The minimum absolute atomic E-state index is 0.184. The average molecular weight is 278 g/mol. The molecule has 0 aliphatic heterocycles. The van der Waals surface area contributed by atoms with Gasteiger partial charge in [0.2, 0.25) is 0 Å². The van der Waals surface area contributed by atoms with Gasteiger partial charge in [0.05, 0.1) is 16.4 Å². The molecule has 2 aromatic rings. The van der Waals surface area contributed by atoms with Crippen molar-refractivity contribution in [3.05, 3.63) is 34.7 Å². The Bertz CT molecular complexity index is 635. The van der Waals surface area contributed by atoms with Gasteiger partial charge in [0.15, 0.2) is 11.5 Å². The van der Waals surface area contributed by atoms with E-state index >= 15 is 0 Å². The van der Waals surface area contributed by atoms with Crippen LogP contribution in [0.2, 0.25) is 5.02 Å². The molecule has 1 fully saturated rings. The van der Waals surface area contributed by atoms with Crippen LogP contribution >= 0.6 is 11.6 Å². The Hall–Kier alpha value is -2.08. The van der Waals surface area contributed by atoms with E-state index in [2.05, 4.69) is 20.5 Å². The molecular formula is C12H12ClN5O. The van der Waals surface area contributed by atoms with Crippen LogP contribution in [-0.2, 0) is 0 Å². The summed E-state index contributed by atoms with van der Waals surface area (Å²) >= 11 is 5.92. The van der Waals surface area contributed by atoms with Crippen LogP contribution in [0.4, 0.5) is 11.5 Å². The zero-order valence-electron chi connectivity index (χ0n) is 9.98. The van der Waals surface area contributed by atoms with Crippen LogP contribution in [0, 0.1) is 0 Å². The van der Waals surface area contributed by atoms with Crippen LogP contribution in [-0.4, -0.2) is 21.1 Å². The van der Waals surface area contributed by atoms with Gasteiger partial charge in [-0.05, 0) is 25.0 Å². The number of halogens is 1. The lowest BCUT2D eigenvalue weighted by molar-refractivity contribution is 0.102. The summed E-state index contributed by atoms with van der Waals surface area (Å²) in [6.07, 6.45) is 3.71. The molecule has 0 aromatic carbocycles. The number of aromatic amines is 1. The average Bonchev–Trinajstić information content (AvgIpc) is 3.15. The molecule has 6 nitrogen and oxygen atoms in total. The molecule has 0 unspecified atom stereocenters. The number of anilines is 2. The van der Waals surface area contributed by atoms with E-state index in [1.54, 1.807) is 18.3 Å². The summed E-state index contributed by atoms with van der Waals surface area (Å²) in [5.41, 5.74) is 7.37. The van der Waals surface area contributed by atoms with Crippen LogP contribution in [0.15, 0.2) is 18.3 Å². The van der Waals surface area contributed by atoms with Gasteiger partial charge in [-0.2, -0.15) is 5.10 Å². The van der Waals surface area contributed by atoms with Gasteiger partial charge in [-0.15, -0.1) is 0 Å². The Morgan fingerprint density at radius 2 is 2.32 bits per heavy atom. The molecule has 2 heterocycles. The second kappa shape index (κ2) is 4.55. The van der Waals surface area contributed by atoms with Crippen LogP contribution in [0.1, 0.15) is 34.9 Å². The highest BCUT2D eigenvalue weighted by molar-refractivity contribution is 6.33. The van der Waals surface area contributed by atoms with Crippen LogP contribution in [0.3, 0.4) is 0 Å². The molecule has 0 spiro atoms. The highest BCUT2D eigenvalue weighted by Gasteiger charge is 2.30. The number of aromatic nitrogens is 3. The van der Waals surface area contributed by atoms with E-state index in [0.29, 0.717) is 22.4 Å². The predicted molar refractivity (Wildman–Crippen MR) is 72.2 cm³/mol. The molecule has 7 heteroatoms. The number of nitrogens with one attached hydrogen (secondary N) is 2. The van der Waals surface area contributed by atoms with Crippen molar-refractivity contribution in [3.8, 4) is 0 Å². The van der Waals surface area contributed by atoms with Gasteiger partial charge in [0.1, 0.15) is 0 Å². The van der Waals surface area contributed by atoms with E-state index in [9.17, 15) is 4.79 Å². The molecule has 4 N–H and O–H groups in total. The fraction of sp³-hybridized carbons (Fsp3) is 0.250. The Morgan fingerprint density at radius 3 is 3.00 bits per heavy atom. The number of pyridine rings is 1. The summed E-state index contributed by atoms with van der Waals surface area (Å²) in [6.45, 7) is 0. The Balaban J connectivity index is 1.82. The summed E-state index contributed by atoms with van der Waals surface area (Å²) in [6, 6.07) is 3.33. The number of nitrogens with two attached hydrogens (primary N) is 1. The summed E-state index contributed by atoms with van der Waals surface area (Å²) in [5, 5.41) is 9.76. The molecule has 2 aromatic heterocycles. The molecule has 19 heavy (non-hydrogen) atoms. The molecule has 0 saturated heterocycles. The Morgan fingerprint density at radius 1 is 1.53 bits per heavy atom. The molecule has 98 valence electrons. The standard InChI is InChI=1S/C12H12ClN5O/c13-7-2-1-5-15-11(7)16-12(19)10-8(14)9(17-18-10)6-3-4-6/h1-2,5-6H,3-4,14H2,(H,17,18)(H,15,16,19). The van der Waals surface area contributed by atoms with Gasteiger partial charge in [-0.3, -0.25) is 9.89 Å². The van der Waals surface area contributed by atoms with E-state index in [1.165, 1.54) is 0 Å². The molecule has 0 bridgehead atoms. The quantitative estimate of drug-likeness (QED) is 0.801. The van der Waals surface area contributed by atoms with Crippen molar-refractivity contribution in [1.82, 2.24) is 15.2 Å². The van der Waals surface area contributed by atoms with Gasteiger partial charge < -0.3 is 11.1 Å². The van der Waals surface area contributed by atoms with E-state index in [-0.39, 0.29) is 5.69 Å². The molecule has 1 amide bonds. The van der Waals surface area contributed by atoms with E-state index in [0.717, 1.165) is 18.5 Å². The highest BCUT2D eigenvalue weighted by atomic mass is 35.5. The second-order valence-electron chi connectivity index (χ2n) is 4.46. The second-order valence-corrected chi connectivity index (χ2v) is 4.87. The maximum Gasteiger partial charge on any atom is 0.279 e. The van der Waals surface area contributed by atoms with Crippen LogP contribution < -0.4 is 11.1 Å². The lowest BCUT2D eigenvalue weighted by Crippen LogP contribution is -2.15. The molecule has 1 saturated carbocycles. The molecular weight excluding hydrogens is 266 g/mol. The maximum atomic E-state index is 12.1. The topological polar surface area (TPSA) is 96.7 Å². The maximum absolute atomic E-state index is 12.1. The first-order chi connectivity index (χ1) is 9.16. The smallest absolute Gasteiger partial charge is 0.279 e. The van der Waals surface area contributed by atoms with E-state index in [4.69, 9.17) is 17.3 Å². The van der Waals surface area contributed by atoms with Crippen molar-refractivity contribution in [2.45, 2.75) is 18.8 Å². The summed E-state index contributed by atoms with van der Waals surface area (Å²) < 4.78 is 0. The van der Waals surface area contributed by atoms with Gasteiger partial charge >= 0.3 is 0 Å². The molecule has 0 atom stereocenters. The van der Waals surface area contributed by atoms with Crippen LogP contribution in [0.25, 0.3) is 0 Å². The Kier molecular flexibility index (Phi) is 2.87. The zero-order valence-corrected chi connectivity index (χ0v) is 10.7. The van der Waals surface area contributed by atoms with Crippen molar-refractivity contribution in [1.29, 1.82) is 0 Å². The molecule has 1 aliphatic rings. The first-order valence-corrected chi connectivity index (χ1v) is 6.30. The summed E-state index contributed by atoms with van der Waals surface area (Å²) in [5.74, 6) is 0.290. The van der Waals surface area contributed by atoms with Gasteiger partial charge in [0, 0.05) is 12.1 Å². The number of carbonyl (C=O) groups is 1. The lowest BCUT2D eigenvalue weighted by Gasteiger charge is -2.04. The number of rotatable bonds is 3. The Labute approximate surface area is 114 Å². The minimum atomic E-state index is -0.416. The highest BCUT2D eigenvalue weighted by Crippen LogP contribution is 2.42. The fourth-order valence-electron chi connectivity index (χ4n) is 1.86. The molecule has 3 rings (SSSR count). The third-order valence-corrected chi connectivity index (χ3v) is 3.33. The first kappa shape index (κ1) is 12.0. The van der Waals surface area contributed by atoms with Crippen molar-refractivity contribution in [3.63, 3.8) is 0 Å². The SMILES string of the molecule is Nc1c(C(=O)Nc2ncccc2Cl)n[nH]c1C1CC1. The number of hydrogen-bond acceptors (Lipinski definition) is 4. The first-order valence-electron chi connectivity index (χ1n) is 5.92. The number of amides is 1. The zero-order chi connectivity index (χ0) is 13.4.